The third-order valence-corrected chi connectivity index (χ3v) is 5.51. The highest BCUT2D eigenvalue weighted by molar-refractivity contribution is 8.00. The van der Waals surface area contributed by atoms with E-state index in [2.05, 4.69) is 50.4 Å². The molecule has 25 heavy (non-hydrogen) atoms. The number of rotatable bonds is 4. The predicted octanol–water partition coefficient (Wildman–Crippen LogP) is 4.89. The van der Waals surface area contributed by atoms with Gasteiger partial charge in [-0.2, -0.15) is 0 Å². The zero-order chi connectivity index (χ0) is 18.0. The summed E-state index contributed by atoms with van der Waals surface area (Å²) in [6, 6.07) is 16.2. The van der Waals surface area contributed by atoms with Crippen LogP contribution in [-0.4, -0.2) is 16.8 Å². The molecule has 2 aromatic rings. The average molecular weight is 356 g/mol. The quantitative estimate of drug-likeness (QED) is 0.793. The molecular formula is C21H25NO2S. The molecule has 1 amide bonds. The van der Waals surface area contributed by atoms with Crippen molar-refractivity contribution in [3.63, 3.8) is 0 Å². The van der Waals surface area contributed by atoms with E-state index >= 15 is 0 Å². The Hall–Kier alpha value is -1.94. The number of nitrogens with one attached hydrogen (secondary N) is 1. The van der Waals surface area contributed by atoms with E-state index < -0.39 is 0 Å². The summed E-state index contributed by atoms with van der Waals surface area (Å²) in [4.78, 5) is 13.8. The Bertz CT molecular complexity index is 755. The van der Waals surface area contributed by atoms with Crippen molar-refractivity contribution in [3.8, 4) is 5.75 Å². The van der Waals surface area contributed by atoms with Crippen molar-refractivity contribution in [1.29, 1.82) is 0 Å². The molecule has 4 heteroatoms. The summed E-state index contributed by atoms with van der Waals surface area (Å²) in [5, 5.41) is 3.07. The summed E-state index contributed by atoms with van der Waals surface area (Å²) in [6.45, 7) is 8.14. The van der Waals surface area contributed by atoms with Crippen LogP contribution >= 0.6 is 11.8 Å². The van der Waals surface area contributed by atoms with Crippen LogP contribution in [0.15, 0.2) is 53.4 Å². The fraction of sp³-hybridized carbons (Fsp3) is 0.381. The molecule has 0 spiro atoms. The lowest BCUT2D eigenvalue weighted by Gasteiger charge is -2.38. The second kappa shape index (κ2) is 7.12. The van der Waals surface area contributed by atoms with E-state index in [0.717, 1.165) is 22.6 Å². The molecule has 0 aliphatic carbocycles. The summed E-state index contributed by atoms with van der Waals surface area (Å²) >= 11 is 1.59. The number of benzene rings is 2. The number of amides is 1. The number of ether oxygens (including phenoxy) is 1. The van der Waals surface area contributed by atoms with Crippen LogP contribution in [0.4, 0.5) is 0 Å². The summed E-state index contributed by atoms with van der Waals surface area (Å²) in [5.41, 5.74) is 1.99. The SMILES string of the molecule is Cc1ccc(S[C@H](C)C(=O)N[C@@H]2CC(C)(C)Oc3ccccc32)cc1. The molecule has 0 unspecified atom stereocenters. The highest BCUT2D eigenvalue weighted by Gasteiger charge is 2.34. The van der Waals surface area contributed by atoms with Gasteiger partial charge in [-0.25, -0.2) is 0 Å². The van der Waals surface area contributed by atoms with E-state index in [1.807, 2.05) is 31.2 Å². The first kappa shape index (κ1) is 17.9. The Kier molecular flexibility index (Phi) is 5.09. The molecule has 3 nitrogen and oxygen atoms in total. The molecule has 2 atom stereocenters. The largest absolute Gasteiger partial charge is 0.487 e. The zero-order valence-corrected chi connectivity index (χ0v) is 16.0. The van der Waals surface area contributed by atoms with Crippen LogP contribution < -0.4 is 10.1 Å². The van der Waals surface area contributed by atoms with Gasteiger partial charge < -0.3 is 10.1 Å². The van der Waals surface area contributed by atoms with Crippen LogP contribution in [0.3, 0.4) is 0 Å². The summed E-state index contributed by atoms with van der Waals surface area (Å²) < 4.78 is 6.04. The maximum Gasteiger partial charge on any atom is 0.233 e. The molecule has 0 fully saturated rings. The number of carbonyl (C=O) groups is 1. The van der Waals surface area contributed by atoms with Gasteiger partial charge in [0.1, 0.15) is 11.4 Å². The van der Waals surface area contributed by atoms with Gasteiger partial charge in [-0.05, 0) is 45.9 Å². The van der Waals surface area contributed by atoms with E-state index in [-0.39, 0.29) is 22.8 Å². The van der Waals surface area contributed by atoms with Crippen LogP contribution in [0.25, 0.3) is 0 Å². The lowest BCUT2D eigenvalue weighted by Crippen LogP contribution is -2.43. The van der Waals surface area contributed by atoms with Gasteiger partial charge in [-0.15, -0.1) is 11.8 Å². The number of hydrogen-bond acceptors (Lipinski definition) is 3. The van der Waals surface area contributed by atoms with Crippen LogP contribution in [0.2, 0.25) is 0 Å². The number of aryl methyl sites for hydroxylation is 1. The Morgan fingerprint density at radius 1 is 1.20 bits per heavy atom. The van der Waals surface area contributed by atoms with Gasteiger partial charge in [0.25, 0.3) is 0 Å². The minimum absolute atomic E-state index is 0.0199. The van der Waals surface area contributed by atoms with Gasteiger partial charge in [0.15, 0.2) is 0 Å². The third kappa shape index (κ3) is 4.37. The van der Waals surface area contributed by atoms with E-state index in [0.29, 0.717) is 0 Å². The average Bonchev–Trinajstić information content (AvgIpc) is 2.56. The number of thioether (sulfide) groups is 1. The number of carbonyl (C=O) groups excluding carboxylic acids is 1. The topological polar surface area (TPSA) is 38.3 Å². The second-order valence-corrected chi connectivity index (χ2v) is 8.65. The minimum atomic E-state index is -0.292. The molecule has 0 radical (unpaired) electrons. The summed E-state index contributed by atoms with van der Waals surface area (Å²) in [7, 11) is 0. The van der Waals surface area contributed by atoms with Crippen molar-refractivity contribution < 1.29 is 9.53 Å². The van der Waals surface area contributed by atoms with Crippen molar-refractivity contribution >= 4 is 17.7 Å². The maximum atomic E-state index is 12.7. The highest BCUT2D eigenvalue weighted by atomic mass is 32.2. The van der Waals surface area contributed by atoms with Crippen molar-refractivity contribution in [2.24, 2.45) is 0 Å². The smallest absolute Gasteiger partial charge is 0.233 e. The lowest BCUT2D eigenvalue weighted by molar-refractivity contribution is -0.121. The van der Waals surface area contributed by atoms with Crippen LogP contribution in [-0.2, 0) is 4.79 Å². The first-order chi connectivity index (χ1) is 11.8. The first-order valence-electron chi connectivity index (χ1n) is 8.66. The van der Waals surface area contributed by atoms with Gasteiger partial charge >= 0.3 is 0 Å². The molecular weight excluding hydrogens is 330 g/mol. The van der Waals surface area contributed by atoms with Gasteiger partial charge in [0.2, 0.25) is 5.91 Å². The van der Waals surface area contributed by atoms with Crippen LogP contribution in [0.5, 0.6) is 5.75 Å². The fourth-order valence-corrected chi connectivity index (χ4v) is 3.97. The second-order valence-electron chi connectivity index (χ2n) is 7.24. The van der Waals surface area contributed by atoms with Crippen molar-refractivity contribution in [3.05, 3.63) is 59.7 Å². The Morgan fingerprint density at radius 3 is 2.60 bits per heavy atom. The maximum absolute atomic E-state index is 12.7. The number of hydrogen-bond donors (Lipinski definition) is 1. The third-order valence-electron chi connectivity index (χ3n) is 4.40. The molecule has 2 aromatic carbocycles. The molecule has 1 heterocycles. The molecule has 0 saturated heterocycles. The minimum Gasteiger partial charge on any atom is -0.487 e. The van der Waals surface area contributed by atoms with Gasteiger partial charge in [-0.3, -0.25) is 4.79 Å². The normalized spacial score (nSPS) is 19.4. The van der Waals surface area contributed by atoms with Crippen molar-refractivity contribution in [2.45, 2.75) is 55.9 Å². The molecule has 1 N–H and O–H groups in total. The van der Waals surface area contributed by atoms with E-state index in [1.165, 1.54) is 5.56 Å². The predicted molar refractivity (Wildman–Crippen MR) is 103 cm³/mol. The van der Waals surface area contributed by atoms with Gasteiger partial charge in [0, 0.05) is 16.9 Å². The summed E-state index contributed by atoms with van der Waals surface area (Å²) in [5.74, 6) is 0.922. The van der Waals surface area contributed by atoms with Gasteiger partial charge in [-0.1, -0.05) is 35.9 Å². The standard InChI is InChI=1S/C21H25NO2S/c1-14-9-11-16(12-10-14)25-15(2)20(23)22-18-13-21(3,4)24-19-8-6-5-7-17(18)19/h5-12,15,18H,13H2,1-4H3,(H,22,23)/t15-,18-/m1/s1. The van der Waals surface area contributed by atoms with Gasteiger partial charge in [0.05, 0.1) is 11.3 Å². The molecule has 1 aliphatic rings. The van der Waals surface area contributed by atoms with E-state index in [4.69, 9.17) is 4.74 Å². The lowest BCUT2D eigenvalue weighted by atomic mass is 9.89. The van der Waals surface area contributed by atoms with Crippen molar-refractivity contribution in [2.75, 3.05) is 0 Å². The van der Waals surface area contributed by atoms with E-state index in [9.17, 15) is 4.79 Å². The Balaban J connectivity index is 1.70. The molecule has 0 bridgehead atoms. The van der Waals surface area contributed by atoms with Crippen LogP contribution in [0.1, 0.15) is 44.4 Å². The molecule has 0 saturated carbocycles. The molecule has 3 rings (SSSR count). The van der Waals surface area contributed by atoms with Crippen molar-refractivity contribution in [1.82, 2.24) is 5.32 Å². The zero-order valence-electron chi connectivity index (χ0n) is 15.2. The first-order valence-corrected chi connectivity index (χ1v) is 9.54. The Morgan fingerprint density at radius 2 is 1.88 bits per heavy atom. The number of para-hydroxylation sites is 1. The van der Waals surface area contributed by atoms with Crippen LogP contribution in [0, 0.1) is 6.92 Å². The Labute approximate surface area is 154 Å². The monoisotopic (exact) mass is 355 g/mol. The molecule has 132 valence electrons. The highest BCUT2D eigenvalue weighted by Crippen LogP contribution is 2.39. The molecule has 0 aromatic heterocycles. The molecule has 1 aliphatic heterocycles. The van der Waals surface area contributed by atoms with E-state index in [1.54, 1.807) is 11.8 Å². The summed E-state index contributed by atoms with van der Waals surface area (Å²) in [6.07, 6.45) is 0.762. The number of fused-ring (bicyclic) bond motifs is 1. The fourth-order valence-electron chi connectivity index (χ4n) is 3.09.